The third kappa shape index (κ3) is 3.00. The second kappa shape index (κ2) is 5.84. The van der Waals surface area contributed by atoms with E-state index in [1.54, 1.807) is 35.2 Å². The molecule has 2 heterocycles. The number of rotatable bonds is 4. The molecule has 0 saturated heterocycles. The molecule has 0 amide bonds. The molecule has 0 atom stereocenters. The van der Waals surface area contributed by atoms with Crippen molar-refractivity contribution in [3.63, 3.8) is 0 Å². The average molecular weight is 311 g/mol. The van der Waals surface area contributed by atoms with Crippen LogP contribution < -0.4 is 0 Å². The standard InChI is InChI=1S/C15H13N5O3/c1-10-17-18-11(2)19(10)16-9-14-7-8-15(23-14)12-3-5-13(6-4-12)20(21)22/h3-9H,1-2H3. The number of nitrogens with zero attached hydrogens (tertiary/aromatic N) is 5. The number of nitro benzene ring substituents is 1. The van der Waals surface area contributed by atoms with Gasteiger partial charge in [-0.05, 0) is 38.1 Å². The minimum absolute atomic E-state index is 0.0423. The van der Waals surface area contributed by atoms with Crippen LogP contribution >= 0.6 is 0 Å². The van der Waals surface area contributed by atoms with Crippen LogP contribution in [-0.2, 0) is 0 Å². The summed E-state index contributed by atoms with van der Waals surface area (Å²) in [6, 6.07) is 9.73. The van der Waals surface area contributed by atoms with Gasteiger partial charge in [0.1, 0.15) is 11.5 Å². The van der Waals surface area contributed by atoms with Crippen molar-refractivity contribution in [2.75, 3.05) is 0 Å². The molecule has 0 aliphatic heterocycles. The van der Waals surface area contributed by atoms with Crippen molar-refractivity contribution in [3.05, 3.63) is 63.9 Å². The lowest BCUT2D eigenvalue weighted by Gasteiger charge is -1.97. The molecule has 0 aliphatic rings. The molecule has 0 saturated carbocycles. The van der Waals surface area contributed by atoms with Crippen molar-refractivity contribution in [2.24, 2.45) is 5.10 Å². The molecule has 3 aromatic rings. The molecule has 0 unspecified atom stereocenters. The van der Waals surface area contributed by atoms with E-state index in [4.69, 9.17) is 4.42 Å². The average Bonchev–Trinajstić information content (AvgIpc) is 3.13. The summed E-state index contributed by atoms with van der Waals surface area (Å²) in [5.74, 6) is 2.53. The van der Waals surface area contributed by atoms with E-state index in [0.717, 1.165) is 5.56 Å². The van der Waals surface area contributed by atoms with E-state index in [9.17, 15) is 10.1 Å². The summed E-state index contributed by atoms with van der Waals surface area (Å²) in [6.45, 7) is 3.61. The molecular weight excluding hydrogens is 298 g/mol. The minimum Gasteiger partial charge on any atom is -0.455 e. The van der Waals surface area contributed by atoms with Crippen LogP contribution in [0.5, 0.6) is 0 Å². The number of aryl methyl sites for hydroxylation is 2. The van der Waals surface area contributed by atoms with Gasteiger partial charge >= 0.3 is 0 Å². The van der Waals surface area contributed by atoms with Crippen LogP contribution in [-0.4, -0.2) is 26.0 Å². The highest BCUT2D eigenvalue weighted by Gasteiger charge is 2.08. The van der Waals surface area contributed by atoms with Crippen molar-refractivity contribution in [2.45, 2.75) is 13.8 Å². The van der Waals surface area contributed by atoms with Crippen molar-refractivity contribution in [3.8, 4) is 11.3 Å². The molecule has 0 bridgehead atoms. The second-order valence-corrected chi connectivity index (χ2v) is 4.86. The Hall–Kier alpha value is -3.29. The van der Waals surface area contributed by atoms with Crippen molar-refractivity contribution >= 4 is 11.9 Å². The molecule has 1 aromatic carbocycles. The maximum atomic E-state index is 10.7. The van der Waals surface area contributed by atoms with E-state index < -0.39 is 4.92 Å². The molecule has 2 aromatic heterocycles. The number of hydrogen-bond donors (Lipinski definition) is 0. The first-order chi connectivity index (χ1) is 11.0. The Labute approximate surface area is 131 Å². The highest BCUT2D eigenvalue weighted by molar-refractivity contribution is 5.77. The summed E-state index contributed by atoms with van der Waals surface area (Å²) in [5.41, 5.74) is 0.799. The number of aromatic nitrogens is 3. The molecule has 8 nitrogen and oxygen atoms in total. The van der Waals surface area contributed by atoms with E-state index in [1.807, 2.05) is 13.8 Å². The molecule has 23 heavy (non-hydrogen) atoms. The van der Waals surface area contributed by atoms with E-state index >= 15 is 0 Å². The molecule has 0 spiro atoms. The SMILES string of the molecule is Cc1nnc(C)n1N=Cc1ccc(-c2ccc([N+](=O)[O-])cc2)o1. The highest BCUT2D eigenvalue weighted by atomic mass is 16.6. The number of nitro groups is 1. The Morgan fingerprint density at radius 2 is 1.78 bits per heavy atom. The van der Waals surface area contributed by atoms with Crippen molar-refractivity contribution < 1.29 is 9.34 Å². The normalized spacial score (nSPS) is 11.2. The van der Waals surface area contributed by atoms with E-state index in [1.165, 1.54) is 12.1 Å². The van der Waals surface area contributed by atoms with Gasteiger partial charge in [0.15, 0.2) is 11.6 Å². The van der Waals surface area contributed by atoms with E-state index in [2.05, 4.69) is 15.3 Å². The summed E-state index contributed by atoms with van der Waals surface area (Å²) in [5, 5.41) is 22.8. The summed E-state index contributed by atoms with van der Waals surface area (Å²) in [7, 11) is 0. The Kier molecular flexibility index (Phi) is 3.71. The first-order valence-electron chi connectivity index (χ1n) is 6.82. The second-order valence-electron chi connectivity index (χ2n) is 4.86. The monoisotopic (exact) mass is 311 g/mol. The Morgan fingerprint density at radius 3 is 2.39 bits per heavy atom. The Morgan fingerprint density at radius 1 is 1.13 bits per heavy atom. The zero-order valence-electron chi connectivity index (χ0n) is 12.5. The summed E-state index contributed by atoms with van der Waals surface area (Å²) >= 11 is 0. The third-order valence-corrected chi connectivity index (χ3v) is 3.24. The lowest BCUT2D eigenvalue weighted by molar-refractivity contribution is -0.384. The van der Waals surface area contributed by atoms with Gasteiger partial charge < -0.3 is 4.42 Å². The number of furan rings is 1. The van der Waals surface area contributed by atoms with Crippen LogP contribution in [0.15, 0.2) is 45.9 Å². The fourth-order valence-electron chi connectivity index (χ4n) is 2.07. The van der Waals surface area contributed by atoms with Crippen LogP contribution in [0.25, 0.3) is 11.3 Å². The Bertz CT molecular complexity index is 857. The predicted octanol–water partition coefficient (Wildman–Crippen LogP) is 2.95. The minimum atomic E-state index is -0.437. The zero-order chi connectivity index (χ0) is 16.4. The van der Waals surface area contributed by atoms with Gasteiger partial charge in [-0.3, -0.25) is 10.1 Å². The zero-order valence-corrected chi connectivity index (χ0v) is 12.5. The smallest absolute Gasteiger partial charge is 0.269 e. The van der Waals surface area contributed by atoms with Crippen LogP contribution in [0.1, 0.15) is 17.4 Å². The van der Waals surface area contributed by atoms with Gasteiger partial charge in [0.25, 0.3) is 5.69 Å². The van der Waals surface area contributed by atoms with Gasteiger partial charge in [0.2, 0.25) is 0 Å². The molecule has 3 rings (SSSR count). The number of benzene rings is 1. The third-order valence-electron chi connectivity index (χ3n) is 3.24. The van der Waals surface area contributed by atoms with Crippen LogP contribution in [0.2, 0.25) is 0 Å². The number of non-ortho nitro benzene ring substituents is 1. The summed E-state index contributed by atoms with van der Waals surface area (Å²) in [4.78, 5) is 10.2. The molecular formula is C15H13N5O3. The molecule has 0 N–H and O–H groups in total. The van der Waals surface area contributed by atoms with E-state index in [-0.39, 0.29) is 5.69 Å². The fraction of sp³-hybridized carbons (Fsp3) is 0.133. The topological polar surface area (TPSA) is 99.3 Å². The lowest BCUT2D eigenvalue weighted by atomic mass is 10.1. The molecule has 0 aliphatic carbocycles. The highest BCUT2D eigenvalue weighted by Crippen LogP contribution is 2.24. The molecule has 8 heteroatoms. The molecule has 0 fully saturated rings. The van der Waals surface area contributed by atoms with Crippen molar-refractivity contribution in [1.29, 1.82) is 0 Å². The first kappa shape index (κ1) is 14.6. The summed E-state index contributed by atoms with van der Waals surface area (Å²) < 4.78 is 7.28. The fourth-order valence-corrected chi connectivity index (χ4v) is 2.07. The van der Waals surface area contributed by atoms with Gasteiger partial charge in [-0.15, -0.1) is 10.2 Å². The first-order valence-corrected chi connectivity index (χ1v) is 6.82. The van der Waals surface area contributed by atoms with E-state index in [0.29, 0.717) is 23.2 Å². The quantitative estimate of drug-likeness (QED) is 0.419. The van der Waals surface area contributed by atoms with Gasteiger partial charge in [0.05, 0.1) is 11.1 Å². The maximum Gasteiger partial charge on any atom is 0.269 e. The van der Waals surface area contributed by atoms with Crippen LogP contribution in [0.4, 0.5) is 5.69 Å². The van der Waals surface area contributed by atoms with Gasteiger partial charge in [-0.1, -0.05) is 0 Å². The lowest BCUT2D eigenvalue weighted by Crippen LogP contribution is -1.95. The summed E-state index contributed by atoms with van der Waals surface area (Å²) in [6.07, 6.45) is 1.57. The van der Waals surface area contributed by atoms with Gasteiger partial charge in [0, 0.05) is 17.7 Å². The number of hydrogen-bond acceptors (Lipinski definition) is 6. The van der Waals surface area contributed by atoms with Crippen molar-refractivity contribution in [1.82, 2.24) is 14.9 Å². The molecule has 0 radical (unpaired) electrons. The largest absolute Gasteiger partial charge is 0.455 e. The predicted molar refractivity (Wildman–Crippen MR) is 83.3 cm³/mol. The van der Waals surface area contributed by atoms with Crippen LogP contribution in [0, 0.1) is 24.0 Å². The van der Waals surface area contributed by atoms with Gasteiger partial charge in [-0.2, -0.15) is 5.10 Å². The van der Waals surface area contributed by atoms with Gasteiger partial charge in [-0.25, -0.2) is 4.68 Å². The van der Waals surface area contributed by atoms with Crippen LogP contribution in [0.3, 0.4) is 0 Å². The molecule has 116 valence electrons. The maximum absolute atomic E-state index is 10.7. The Balaban J connectivity index is 1.82.